The first-order valence-electron chi connectivity index (χ1n) is 7.39. The number of benzene rings is 2. The molecule has 1 atom stereocenters. The van der Waals surface area contributed by atoms with Gasteiger partial charge in [0, 0.05) is 6.04 Å². The molecule has 2 aromatic rings. The van der Waals surface area contributed by atoms with E-state index in [1.54, 1.807) is 7.11 Å². The predicted octanol–water partition coefficient (Wildman–Crippen LogP) is 4.24. The van der Waals surface area contributed by atoms with Gasteiger partial charge in [-0.2, -0.15) is 0 Å². The molecule has 2 heteroatoms. The molecular weight excluding hydrogens is 258 g/mol. The molecule has 0 amide bonds. The Bertz CT molecular complexity index is 581. The van der Waals surface area contributed by atoms with Crippen LogP contribution in [0.25, 0.3) is 0 Å². The second kappa shape index (κ2) is 6.31. The maximum atomic E-state index is 6.32. The van der Waals surface area contributed by atoms with E-state index < -0.39 is 0 Å². The van der Waals surface area contributed by atoms with E-state index in [1.165, 1.54) is 11.1 Å². The number of nitrogens with two attached hydrogens (primary N) is 1. The van der Waals surface area contributed by atoms with Gasteiger partial charge < -0.3 is 10.5 Å². The van der Waals surface area contributed by atoms with E-state index >= 15 is 0 Å². The molecule has 0 bridgehead atoms. The minimum Gasteiger partial charge on any atom is -0.497 e. The van der Waals surface area contributed by atoms with E-state index in [0.29, 0.717) is 0 Å². The van der Waals surface area contributed by atoms with Gasteiger partial charge in [0.2, 0.25) is 0 Å². The van der Waals surface area contributed by atoms with Gasteiger partial charge in [-0.1, -0.05) is 57.2 Å². The summed E-state index contributed by atoms with van der Waals surface area (Å²) in [5, 5.41) is 0. The van der Waals surface area contributed by atoms with E-state index in [0.717, 1.165) is 17.7 Å². The summed E-state index contributed by atoms with van der Waals surface area (Å²) in [5.74, 6) is 0.853. The molecule has 0 spiro atoms. The van der Waals surface area contributed by atoms with Crippen LogP contribution in [0, 0.1) is 0 Å². The monoisotopic (exact) mass is 283 g/mol. The summed E-state index contributed by atoms with van der Waals surface area (Å²) in [6.45, 7) is 6.68. The highest BCUT2D eigenvalue weighted by molar-refractivity contribution is 5.33. The third kappa shape index (κ3) is 4.08. The summed E-state index contributed by atoms with van der Waals surface area (Å²) in [6, 6.07) is 16.7. The minimum atomic E-state index is -0.0133. The van der Waals surface area contributed by atoms with Crippen LogP contribution in [0.1, 0.15) is 43.5 Å². The van der Waals surface area contributed by atoms with Crippen molar-refractivity contribution in [3.8, 4) is 5.75 Å². The van der Waals surface area contributed by atoms with Gasteiger partial charge in [0.25, 0.3) is 0 Å². The van der Waals surface area contributed by atoms with Gasteiger partial charge in [-0.3, -0.25) is 0 Å². The SMILES string of the molecule is COc1cccc(C(N)Cc2ccc(C(C)(C)C)cc2)c1. The first-order chi connectivity index (χ1) is 9.90. The molecule has 0 aromatic heterocycles. The Hall–Kier alpha value is -1.80. The van der Waals surface area contributed by atoms with Crippen molar-refractivity contribution in [1.82, 2.24) is 0 Å². The van der Waals surface area contributed by atoms with Crippen molar-refractivity contribution in [2.24, 2.45) is 5.73 Å². The van der Waals surface area contributed by atoms with Gasteiger partial charge in [0.1, 0.15) is 5.75 Å². The quantitative estimate of drug-likeness (QED) is 0.911. The second-order valence-electron chi connectivity index (χ2n) is 6.53. The summed E-state index contributed by atoms with van der Waals surface area (Å²) in [6.07, 6.45) is 0.831. The average Bonchev–Trinajstić information content (AvgIpc) is 2.47. The van der Waals surface area contributed by atoms with Crippen molar-refractivity contribution < 1.29 is 4.74 Å². The van der Waals surface area contributed by atoms with Gasteiger partial charge in [0.15, 0.2) is 0 Å². The molecular formula is C19H25NO. The zero-order valence-corrected chi connectivity index (χ0v) is 13.4. The summed E-state index contributed by atoms with van der Waals surface area (Å²) in [4.78, 5) is 0. The Morgan fingerprint density at radius 2 is 1.71 bits per heavy atom. The summed E-state index contributed by atoms with van der Waals surface area (Å²) < 4.78 is 5.25. The Morgan fingerprint density at radius 1 is 1.05 bits per heavy atom. The van der Waals surface area contributed by atoms with Gasteiger partial charge >= 0.3 is 0 Å². The summed E-state index contributed by atoms with van der Waals surface area (Å²) in [5.41, 5.74) is 10.2. The van der Waals surface area contributed by atoms with E-state index in [9.17, 15) is 0 Å². The minimum absolute atomic E-state index is 0.0133. The fourth-order valence-corrected chi connectivity index (χ4v) is 2.38. The van der Waals surface area contributed by atoms with Crippen molar-refractivity contribution in [3.05, 3.63) is 65.2 Å². The normalized spacial score (nSPS) is 13.0. The fraction of sp³-hybridized carbons (Fsp3) is 0.368. The molecule has 2 nitrogen and oxygen atoms in total. The summed E-state index contributed by atoms with van der Waals surface area (Å²) in [7, 11) is 1.68. The van der Waals surface area contributed by atoms with E-state index in [-0.39, 0.29) is 11.5 Å². The summed E-state index contributed by atoms with van der Waals surface area (Å²) >= 11 is 0. The van der Waals surface area contributed by atoms with Crippen LogP contribution >= 0.6 is 0 Å². The van der Waals surface area contributed by atoms with E-state index in [1.807, 2.05) is 18.2 Å². The van der Waals surface area contributed by atoms with Crippen LogP contribution in [-0.4, -0.2) is 7.11 Å². The average molecular weight is 283 g/mol. The number of methoxy groups -OCH3 is 1. The van der Waals surface area contributed by atoms with E-state index in [4.69, 9.17) is 10.5 Å². The van der Waals surface area contributed by atoms with Crippen LogP contribution < -0.4 is 10.5 Å². The maximum Gasteiger partial charge on any atom is 0.119 e. The lowest BCUT2D eigenvalue weighted by Gasteiger charge is -2.20. The number of hydrogen-bond acceptors (Lipinski definition) is 2. The van der Waals surface area contributed by atoms with Crippen LogP contribution in [0.3, 0.4) is 0 Å². The van der Waals surface area contributed by atoms with Gasteiger partial charge in [0.05, 0.1) is 7.11 Å². The predicted molar refractivity (Wildman–Crippen MR) is 88.8 cm³/mol. The molecule has 2 N–H and O–H groups in total. The first-order valence-corrected chi connectivity index (χ1v) is 7.39. The number of hydrogen-bond donors (Lipinski definition) is 1. The molecule has 0 aliphatic heterocycles. The van der Waals surface area contributed by atoms with Gasteiger partial charge in [-0.05, 0) is 40.7 Å². The molecule has 0 aliphatic carbocycles. The largest absolute Gasteiger partial charge is 0.497 e. The smallest absolute Gasteiger partial charge is 0.119 e. The molecule has 0 saturated heterocycles. The van der Waals surface area contributed by atoms with Crippen LogP contribution in [-0.2, 0) is 11.8 Å². The first kappa shape index (κ1) is 15.6. The molecule has 0 saturated carbocycles. The zero-order valence-electron chi connectivity index (χ0n) is 13.4. The van der Waals surface area contributed by atoms with Crippen LogP contribution in [0.5, 0.6) is 5.75 Å². The standard InChI is InChI=1S/C19H25NO/c1-19(2,3)16-10-8-14(9-11-16)12-18(20)15-6-5-7-17(13-15)21-4/h5-11,13,18H,12,20H2,1-4H3. The maximum absolute atomic E-state index is 6.32. The third-order valence-electron chi connectivity index (χ3n) is 3.80. The van der Waals surface area contributed by atoms with Gasteiger partial charge in [-0.15, -0.1) is 0 Å². The molecule has 0 fully saturated rings. The zero-order chi connectivity index (χ0) is 15.5. The number of rotatable bonds is 4. The molecule has 21 heavy (non-hydrogen) atoms. The molecule has 0 radical (unpaired) electrons. The molecule has 112 valence electrons. The fourth-order valence-electron chi connectivity index (χ4n) is 2.38. The Morgan fingerprint density at radius 3 is 2.29 bits per heavy atom. The van der Waals surface area contributed by atoms with E-state index in [2.05, 4.69) is 51.1 Å². The van der Waals surface area contributed by atoms with Crippen molar-refractivity contribution in [2.45, 2.75) is 38.6 Å². The molecule has 2 aromatic carbocycles. The highest BCUT2D eigenvalue weighted by atomic mass is 16.5. The Labute approximate surface area is 127 Å². The van der Waals surface area contributed by atoms with Crippen molar-refractivity contribution in [2.75, 3.05) is 7.11 Å². The lowest BCUT2D eigenvalue weighted by molar-refractivity contribution is 0.414. The van der Waals surface area contributed by atoms with Crippen LogP contribution in [0.15, 0.2) is 48.5 Å². The van der Waals surface area contributed by atoms with Crippen molar-refractivity contribution >= 4 is 0 Å². The van der Waals surface area contributed by atoms with Crippen molar-refractivity contribution in [3.63, 3.8) is 0 Å². The highest BCUT2D eigenvalue weighted by Crippen LogP contribution is 2.24. The van der Waals surface area contributed by atoms with Crippen LogP contribution in [0.4, 0.5) is 0 Å². The Balaban J connectivity index is 2.10. The Kier molecular flexibility index (Phi) is 4.69. The third-order valence-corrected chi connectivity index (χ3v) is 3.80. The topological polar surface area (TPSA) is 35.2 Å². The van der Waals surface area contributed by atoms with Gasteiger partial charge in [-0.25, -0.2) is 0 Å². The molecule has 0 aliphatic rings. The highest BCUT2D eigenvalue weighted by Gasteiger charge is 2.14. The molecule has 1 unspecified atom stereocenters. The molecule has 0 heterocycles. The molecule has 2 rings (SSSR count). The van der Waals surface area contributed by atoms with Crippen molar-refractivity contribution in [1.29, 1.82) is 0 Å². The second-order valence-corrected chi connectivity index (χ2v) is 6.53. The lowest BCUT2D eigenvalue weighted by Crippen LogP contribution is -2.14. The van der Waals surface area contributed by atoms with Crippen LogP contribution in [0.2, 0.25) is 0 Å². The lowest BCUT2D eigenvalue weighted by atomic mass is 9.86. The number of ether oxygens (including phenoxy) is 1.